The van der Waals surface area contributed by atoms with Gasteiger partial charge < -0.3 is 16.0 Å². The summed E-state index contributed by atoms with van der Waals surface area (Å²) < 4.78 is 0. The molecule has 1 heterocycles. The summed E-state index contributed by atoms with van der Waals surface area (Å²) in [6.45, 7) is 1.90. The van der Waals surface area contributed by atoms with Crippen LogP contribution in [0.5, 0.6) is 0 Å². The summed E-state index contributed by atoms with van der Waals surface area (Å²) in [6, 6.07) is 17.8. The molecular formula is C20H24N3O2+. The summed E-state index contributed by atoms with van der Waals surface area (Å²) in [4.78, 5) is 25.0. The van der Waals surface area contributed by atoms with Gasteiger partial charge in [0.2, 0.25) is 5.91 Å². The van der Waals surface area contributed by atoms with Gasteiger partial charge in [-0.25, -0.2) is 0 Å². The first kappa shape index (κ1) is 17.2. The third kappa shape index (κ3) is 4.45. The van der Waals surface area contributed by atoms with E-state index in [2.05, 4.69) is 5.32 Å². The van der Waals surface area contributed by atoms with Crippen LogP contribution in [-0.4, -0.2) is 31.4 Å². The number of likely N-dealkylation sites (tertiary alicyclic amines) is 1. The van der Waals surface area contributed by atoms with Crippen LogP contribution in [0.3, 0.4) is 0 Å². The van der Waals surface area contributed by atoms with Crippen LogP contribution in [0.2, 0.25) is 0 Å². The number of quaternary nitrogens is 1. The van der Waals surface area contributed by atoms with Gasteiger partial charge in [0.1, 0.15) is 0 Å². The largest absolute Gasteiger partial charge is 0.369 e. The fourth-order valence-electron chi connectivity index (χ4n) is 3.44. The van der Waals surface area contributed by atoms with Crippen LogP contribution < -0.4 is 16.0 Å². The molecule has 0 bridgehead atoms. The highest BCUT2D eigenvalue weighted by molar-refractivity contribution is 5.96. The van der Waals surface area contributed by atoms with Gasteiger partial charge in [-0.3, -0.25) is 9.59 Å². The molecule has 1 fully saturated rings. The molecule has 2 amide bonds. The minimum atomic E-state index is -0.257. The Morgan fingerprint density at radius 1 is 1.08 bits per heavy atom. The van der Waals surface area contributed by atoms with Gasteiger partial charge in [-0.05, 0) is 24.5 Å². The number of carbonyl (C=O) groups excluding carboxylic acids is 2. The summed E-state index contributed by atoms with van der Waals surface area (Å²) in [7, 11) is 0. The van der Waals surface area contributed by atoms with Crippen molar-refractivity contribution in [2.75, 3.05) is 25.0 Å². The Morgan fingerprint density at radius 2 is 1.80 bits per heavy atom. The van der Waals surface area contributed by atoms with Crippen LogP contribution in [0, 0.1) is 5.92 Å². The Hall–Kier alpha value is -2.66. The maximum Gasteiger partial charge on any atom is 0.279 e. The van der Waals surface area contributed by atoms with E-state index in [1.807, 2.05) is 54.6 Å². The normalized spacial score (nSPS) is 20.0. The number of anilines is 1. The van der Waals surface area contributed by atoms with E-state index in [0.717, 1.165) is 41.1 Å². The minimum Gasteiger partial charge on any atom is -0.369 e. The lowest BCUT2D eigenvalue weighted by Gasteiger charge is -2.27. The van der Waals surface area contributed by atoms with Gasteiger partial charge in [0.05, 0.1) is 19.0 Å². The number of hydrogen-bond donors (Lipinski definition) is 3. The van der Waals surface area contributed by atoms with Crippen molar-refractivity contribution in [3.63, 3.8) is 0 Å². The number of primary amides is 1. The minimum absolute atomic E-state index is 0.0384. The third-order valence-corrected chi connectivity index (χ3v) is 4.72. The highest BCUT2D eigenvalue weighted by Gasteiger charge is 2.28. The second kappa shape index (κ2) is 7.94. The fraction of sp³-hybridized carbons (Fsp3) is 0.300. The highest BCUT2D eigenvalue weighted by atomic mass is 16.2. The predicted octanol–water partition coefficient (Wildman–Crippen LogP) is 1.07. The Kier molecular flexibility index (Phi) is 5.46. The number of para-hydroxylation sites is 1. The summed E-state index contributed by atoms with van der Waals surface area (Å²) in [5.74, 6) is -0.413. The molecule has 3 rings (SSSR count). The molecule has 0 radical (unpaired) electrons. The van der Waals surface area contributed by atoms with Gasteiger partial charge in [-0.2, -0.15) is 0 Å². The first-order valence-corrected chi connectivity index (χ1v) is 8.70. The van der Waals surface area contributed by atoms with Gasteiger partial charge in [0.15, 0.2) is 6.54 Å². The number of carbonyl (C=O) groups is 2. The molecular weight excluding hydrogens is 314 g/mol. The van der Waals surface area contributed by atoms with E-state index in [-0.39, 0.29) is 17.7 Å². The van der Waals surface area contributed by atoms with Crippen molar-refractivity contribution in [1.82, 2.24) is 0 Å². The molecule has 4 N–H and O–H groups in total. The quantitative estimate of drug-likeness (QED) is 0.763. The van der Waals surface area contributed by atoms with Gasteiger partial charge in [0, 0.05) is 11.3 Å². The van der Waals surface area contributed by atoms with Crippen LogP contribution in [0.15, 0.2) is 54.6 Å². The molecule has 5 nitrogen and oxygen atoms in total. The number of rotatable bonds is 5. The average Bonchev–Trinajstić information content (AvgIpc) is 2.63. The molecule has 0 spiro atoms. The number of hydrogen-bond acceptors (Lipinski definition) is 2. The Morgan fingerprint density at radius 3 is 2.56 bits per heavy atom. The van der Waals surface area contributed by atoms with Crippen molar-refractivity contribution in [2.24, 2.45) is 11.7 Å². The van der Waals surface area contributed by atoms with E-state index in [0.29, 0.717) is 13.1 Å². The van der Waals surface area contributed by atoms with E-state index >= 15 is 0 Å². The van der Waals surface area contributed by atoms with Crippen LogP contribution in [0.4, 0.5) is 5.69 Å². The topological polar surface area (TPSA) is 76.6 Å². The van der Waals surface area contributed by atoms with Crippen molar-refractivity contribution >= 4 is 17.5 Å². The molecule has 5 heteroatoms. The number of nitrogens with one attached hydrogen (secondary N) is 2. The third-order valence-electron chi connectivity index (χ3n) is 4.72. The molecule has 0 aromatic heterocycles. The zero-order valence-corrected chi connectivity index (χ0v) is 14.2. The molecule has 0 saturated carbocycles. The molecule has 1 saturated heterocycles. The van der Waals surface area contributed by atoms with Gasteiger partial charge in [-0.1, -0.05) is 48.5 Å². The smallest absolute Gasteiger partial charge is 0.279 e. The predicted molar refractivity (Wildman–Crippen MR) is 98.0 cm³/mol. The van der Waals surface area contributed by atoms with Crippen LogP contribution >= 0.6 is 0 Å². The van der Waals surface area contributed by atoms with E-state index in [9.17, 15) is 9.59 Å². The van der Waals surface area contributed by atoms with Crippen molar-refractivity contribution in [1.29, 1.82) is 0 Å². The lowest BCUT2D eigenvalue weighted by molar-refractivity contribution is -0.899. The van der Waals surface area contributed by atoms with Crippen molar-refractivity contribution in [2.45, 2.75) is 12.8 Å². The van der Waals surface area contributed by atoms with Crippen molar-refractivity contribution in [3.05, 3.63) is 54.6 Å². The van der Waals surface area contributed by atoms with E-state index in [1.54, 1.807) is 0 Å². The number of piperidine rings is 1. The first-order valence-electron chi connectivity index (χ1n) is 8.70. The number of amides is 2. The number of benzene rings is 2. The maximum absolute atomic E-state index is 12.5. The van der Waals surface area contributed by atoms with Crippen molar-refractivity contribution < 1.29 is 14.5 Å². The standard InChI is InChI=1S/C20H23N3O2/c21-20(25)16-9-6-12-23(13-16)14-19(24)22-18-11-5-4-10-17(18)15-7-2-1-3-8-15/h1-5,7-8,10-11,16H,6,9,12-14H2,(H2,21,25)(H,22,24)/p+1/t16-/m0/s1. The van der Waals surface area contributed by atoms with Gasteiger partial charge >= 0.3 is 0 Å². The Balaban J connectivity index is 1.67. The summed E-state index contributed by atoms with van der Waals surface area (Å²) in [6.07, 6.45) is 1.76. The number of nitrogens with two attached hydrogens (primary N) is 1. The molecule has 1 aliphatic rings. The molecule has 0 aliphatic carbocycles. The Bertz CT molecular complexity index is 746. The molecule has 25 heavy (non-hydrogen) atoms. The monoisotopic (exact) mass is 338 g/mol. The van der Waals surface area contributed by atoms with Crippen LogP contribution in [0.25, 0.3) is 11.1 Å². The summed E-state index contributed by atoms with van der Waals surface area (Å²) in [5, 5.41) is 3.02. The SMILES string of the molecule is NC(=O)[C@H]1CCC[NH+](CC(=O)Nc2ccccc2-c2ccccc2)C1. The first-order chi connectivity index (χ1) is 12.1. The Labute approximate surface area is 147 Å². The van der Waals surface area contributed by atoms with E-state index in [1.165, 1.54) is 0 Å². The molecule has 2 aromatic rings. The second-order valence-electron chi connectivity index (χ2n) is 6.58. The second-order valence-corrected chi connectivity index (χ2v) is 6.58. The lowest BCUT2D eigenvalue weighted by Crippen LogP contribution is -3.14. The van der Waals surface area contributed by atoms with Crippen LogP contribution in [0.1, 0.15) is 12.8 Å². The zero-order valence-electron chi connectivity index (χ0n) is 14.2. The van der Waals surface area contributed by atoms with E-state index in [4.69, 9.17) is 5.73 Å². The van der Waals surface area contributed by atoms with Crippen molar-refractivity contribution in [3.8, 4) is 11.1 Å². The molecule has 130 valence electrons. The van der Waals surface area contributed by atoms with Crippen LogP contribution in [-0.2, 0) is 9.59 Å². The maximum atomic E-state index is 12.5. The lowest BCUT2D eigenvalue weighted by atomic mass is 9.97. The highest BCUT2D eigenvalue weighted by Crippen LogP contribution is 2.27. The van der Waals surface area contributed by atoms with Gasteiger partial charge in [0.25, 0.3) is 5.91 Å². The van der Waals surface area contributed by atoms with E-state index < -0.39 is 0 Å². The summed E-state index contributed by atoms with van der Waals surface area (Å²) in [5.41, 5.74) is 8.29. The summed E-state index contributed by atoms with van der Waals surface area (Å²) >= 11 is 0. The van der Waals surface area contributed by atoms with Gasteiger partial charge in [-0.15, -0.1) is 0 Å². The zero-order chi connectivity index (χ0) is 17.6. The fourth-order valence-corrected chi connectivity index (χ4v) is 3.44. The molecule has 1 unspecified atom stereocenters. The molecule has 2 aromatic carbocycles. The molecule has 2 atom stereocenters. The molecule has 1 aliphatic heterocycles. The average molecular weight is 338 g/mol.